The van der Waals surface area contributed by atoms with Crippen molar-refractivity contribution in [1.82, 2.24) is 5.32 Å². The number of carboxylic acid groups (broad SMARTS) is 1. The fraction of sp³-hybridized carbons (Fsp3) is 0.900. The van der Waals surface area contributed by atoms with Gasteiger partial charge in [0, 0.05) is 6.04 Å². The minimum atomic E-state index is -0.681. The van der Waals surface area contributed by atoms with Crippen molar-refractivity contribution in [2.75, 3.05) is 7.05 Å². The molecule has 3 heteroatoms. The van der Waals surface area contributed by atoms with E-state index >= 15 is 0 Å². The van der Waals surface area contributed by atoms with Gasteiger partial charge in [0.1, 0.15) is 0 Å². The third-order valence-electron chi connectivity index (χ3n) is 3.12. The summed E-state index contributed by atoms with van der Waals surface area (Å²) in [6, 6.07) is 0.403. The molecular weight excluding hydrogens is 166 g/mol. The zero-order valence-electron chi connectivity index (χ0n) is 8.42. The summed E-state index contributed by atoms with van der Waals surface area (Å²) in [5, 5.41) is 12.0. The highest BCUT2D eigenvalue weighted by atomic mass is 16.4. The van der Waals surface area contributed by atoms with Crippen LogP contribution < -0.4 is 5.32 Å². The Kier molecular flexibility index (Phi) is 3.72. The summed E-state index contributed by atoms with van der Waals surface area (Å²) in [5.41, 5.74) is 0. The standard InChI is InChI=1S/C10H19NO2/c1-7(10(12)13)6-9(11-2)8-4-3-5-8/h7-9,11H,3-6H2,1-2H3,(H,12,13). The first-order valence-corrected chi connectivity index (χ1v) is 5.05. The van der Waals surface area contributed by atoms with Crippen molar-refractivity contribution >= 4 is 5.97 Å². The van der Waals surface area contributed by atoms with Gasteiger partial charge in [-0.05, 0) is 32.2 Å². The quantitative estimate of drug-likeness (QED) is 0.682. The second kappa shape index (κ2) is 4.61. The number of hydrogen-bond acceptors (Lipinski definition) is 2. The van der Waals surface area contributed by atoms with Crippen molar-refractivity contribution in [3.8, 4) is 0 Å². The van der Waals surface area contributed by atoms with E-state index in [2.05, 4.69) is 5.32 Å². The summed E-state index contributed by atoms with van der Waals surface area (Å²) in [4.78, 5) is 10.7. The number of carbonyl (C=O) groups is 1. The fourth-order valence-electron chi connectivity index (χ4n) is 1.87. The Hall–Kier alpha value is -0.570. The third-order valence-corrected chi connectivity index (χ3v) is 3.12. The smallest absolute Gasteiger partial charge is 0.306 e. The molecule has 76 valence electrons. The van der Waals surface area contributed by atoms with E-state index < -0.39 is 5.97 Å². The normalized spacial score (nSPS) is 22.0. The zero-order chi connectivity index (χ0) is 9.84. The maximum atomic E-state index is 10.7. The van der Waals surface area contributed by atoms with Gasteiger partial charge < -0.3 is 10.4 Å². The van der Waals surface area contributed by atoms with Gasteiger partial charge >= 0.3 is 5.97 Å². The highest BCUT2D eigenvalue weighted by Crippen LogP contribution is 2.31. The van der Waals surface area contributed by atoms with Gasteiger partial charge in [-0.2, -0.15) is 0 Å². The summed E-state index contributed by atoms with van der Waals surface area (Å²) in [6.45, 7) is 1.78. The maximum absolute atomic E-state index is 10.7. The number of rotatable bonds is 5. The Balaban J connectivity index is 2.34. The van der Waals surface area contributed by atoms with E-state index in [0.29, 0.717) is 12.0 Å². The lowest BCUT2D eigenvalue weighted by atomic mass is 9.77. The highest BCUT2D eigenvalue weighted by molar-refractivity contribution is 5.69. The average Bonchev–Trinajstić information content (AvgIpc) is 1.99. The lowest BCUT2D eigenvalue weighted by Crippen LogP contribution is -2.39. The van der Waals surface area contributed by atoms with Crippen LogP contribution in [0.25, 0.3) is 0 Å². The molecule has 2 unspecified atom stereocenters. The zero-order valence-corrected chi connectivity index (χ0v) is 8.42. The molecule has 0 saturated heterocycles. The molecule has 0 radical (unpaired) electrons. The molecule has 0 aromatic carbocycles. The first-order valence-electron chi connectivity index (χ1n) is 5.05. The van der Waals surface area contributed by atoms with Gasteiger partial charge in [-0.1, -0.05) is 13.3 Å². The summed E-state index contributed by atoms with van der Waals surface area (Å²) in [5.74, 6) is -0.190. The van der Waals surface area contributed by atoms with Crippen molar-refractivity contribution in [3.63, 3.8) is 0 Å². The van der Waals surface area contributed by atoms with E-state index in [-0.39, 0.29) is 5.92 Å². The third kappa shape index (κ3) is 2.69. The maximum Gasteiger partial charge on any atom is 0.306 e. The van der Waals surface area contributed by atoms with E-state index in [1.807, 2.05) is 7.05 Å². The number of nitrogens with one attached hydrogen (secondary N) is 1. The van der Waals surface area contributed by atoms with E-state index in [0.717, 1.165) is 6.42 Å². The summed E-state index contributed by atoms with van der Waals surface area (Å²) in [7, 11) is 1.93. The lowest BCUT2D eigenvalue weighted by Gasteiger charge is -2.34. The molecule has 0 aliphatic heterocycles. The molecule has 0 aromatic rings. The van der Waals surface area contributed by atoms with E-state index in [1.165, 1.54) is 19.3 Å². The summed E-state index contributed by atoms with van der Waals surface area (Å²) >= 11 is 0. The number of carboxylic acids is 1. The van der Waals surface area contributed by atoms with Gasteiger partial charge in [-0.15, -0.1) is 0 Å². The Bertz CT molecular complexity index is 178. The predicted molar refractivity (Wildman–Crippen MR) is 51.6 cm³/mol. The lowest BCUT2D eigenvalue weighted by molar-refractivity contribution is -0.141. The van der Waals surface area contributed by atoms with E-state index in [9.17, 15) is 4.79 Å². The van der Waals surface area contributed by atoms with Crippen LogP contribution >= 0.6 is 0 Å². The molecule has 0 bridgehead atoms. The molecule has 13 heavy (non-hydrogen) atoms. The summed E-state index contributed by atoms with van der Waals surface area (Å²) in [6.07, 6.45) is 4.59. The Morgan fingerprint density at radius 3 is 2.54 bits per heavy atom. The van der Waals surface area contributed by atoms with Gasteiger partial charge in [-0.25, -0.2) is 0 Å². The SMILES string of the molecule is CNC(CC(C)C(=O)O)C1CCC1. The van der Waals surface area contributed by atoms with Crippen molar-refractivity contribution in [2.45, 2.75) is 38.6 Å². The van der Waals surface area contributed by atoms with Crippen molar-refractivity contribution in [2.24, 2.45) is 11.8 Å². The Morgan fingerprint density at radius 1 is 1.62 bits per heavy atom. The van der Waals surface area contributed by atoms with Crippen LogP contribution in [-0.2, 0) is 4.79 Å². The van der Waals surface area contributed by atoms with Crippen LogP contribution in [0.3, 0.4) is 0 Å². The molecule has 0 spiro atoms. The van der Waals surface area contributed by atoms with Gasteiger partial charge in [0.2, 0.25) is 0 Å². The van der Waals surface area contributed by atoms with Gasteiger partial charge in [-0.3, -0.25) is 4.79 Å². The molecule has 1 saturated carbocycles. The van der Waals surface area contributed by atoms with Crippen LogP contribution in [0.15, 0.2) is 0 Å². The molecule has 3 nitrogen and oxygen atoms in total. The van der Waals surface area contributed by atoms with Crippen LogP contribution in [0.1, 0.15) is 32.6 Å². The van der Waals surface area contributed by atoms with Crippen molar-refractivity contribution in [3.05, 3.63) is 0 Å². The monoisotopic (exact) mass is 185 g/mol. The fourth-order valence-corrected chi connectivity index (χ4v) is 1.87. The molecule has 1 rings (SSSR count). The summed E-state index contributed by atoms with van der Waals surface area (Å²) < 4.78 is 0. The molecule has 1 aliphatic rings. The van der Waals surface area contributed by atoms with Gasteiger partial charge in [0.05, 0.1) is 5.92 Å². The Morgan fingerprint density at radius 2 is 2.23 bits per heavy atom. The number of aliphatic carboxylic acids is 1. The van der Waals surface area contributed by atoms with E-state index in [4.69, 9.17) is 5.11 Å². The molecule has 2 N–H and O–H groups in total. The van der Waals surface area contributed by atoms with Crippen LogP contribution in [0.5, 0.6) is 0 Å². The van der Waals surface area contributed by atoms with Crippen LogP contribution in [0, 0.1) is 11.8 Å². The first kappa shape index (κ1) is 10.5. The highest BCUT2D eigenvalue weighted by Gasteiger charge is 2.28. The predicted octanol–water partition coefficient (Wildman–Crippen LogP) is 1.49. The largest absolute Gasteiger partial charge is 0.481 e. The molecule has 0 heterocycles. The van der Waals surface area contributed by atoms with E-state index in [1.54, 1.807) is 6.92 Å². The molecule has 0 amide bonds. The minimum absolute atomic E-state index is 0.224. The Labute approximate surface area is 79.5 Å². The van der Waals surface area contributed by atoms with Crippen molar-refractivity contribution in [1.29, 1.82) is 0 Å². The van der Waals surface area contributed by atoms with Crippen LogP contribution in [0.2, 0.25) is 0 Å². The van der Waals surface area contributed by atoms with Crippen LogP contribution in [0.4, 0.5) is 0 Å². The van der Waals surface area contributed by atoms with Gasteiger partial charge in [0.15, 0.2) is 0 Å². The first-order chi connectivity index (χ1) is 6.15. The average molecular weight is 185 g/mol. The second-order valence-electron chi connectivity index (χ2n) is 4.06. The molecule has 1 fully saturated rings. The topological polar surface area (TPSA) is 49.3 Å². The molecule has 1 aliphatic carbocycles. The second-order valence-corrected chi connectivity index (χ2v) is 4.06. The number of hydrogen-bond donors (Lipinski definition) is 2. The van der Waals surface area contributed by atoms with Crippen molar-refractivity contribution < 1.29 is 9.90 Å². The van der Waals surface area contributed by atoms with Gasteiger partial charge in [0.25, 0.3) is 0 Å². The minimum Gasteiger partial charge on any atom is -0.481 e. The molecule has 0 aromatic heterocycles. The molecule has 2 atom stereocenters. The van der Waals surface area contributed by atoms with Crippen LogP contribution in [-0.4, -0.2) is 24.2 Å². The molecular formula is C10H19NO2.